The molecule has 5 nitrogen and oxygen atoms in total. The molecule has 0 aliphatic carbocycles. The minimum absolute atomic E-state index is 0.00393. The van der Waals surface area contributed by atoms with Crippen LogP contribution in [0.5, 0.6) is 0 Å². The zero-order valence-corrected chi connectivity index (χ0v) is 19.2. The van der Waals surface area contributed by atoms with E-state index < -0.39 is 10.0 Å². The molecule has 0 fully saturated rings. The average Bonchev–Trinajstić information content (AvgIpc) is 2.88. The molecule has 150 valence electrons. The number of sulfonamides is 1. The van der Waals surface area contributed by atoms with Crippen LogP contribution < -0.4 is 4.90 Å². The molecule has 0 spiro atoms. The number of benzene rings is 2. The van der Waals surface area contributed by atoms with E-state index in [0.29, 0.717) is 11.1 Å². The molecular weight excluding hydrogens is 440 g/mol. The number of fused-ring (bicyclic) bond motifs is 1. The summed E-state index contributed by atoms with van der Waals surface area (Å²) < 4.78 is 28.4. The van der Waals surface area contributed by atoms with Crippen molar-refractivity contribution in [1.82, 2.24) is 4.31 Å². The minimum Gasteiger partial charge on any atom is -0.308 e. The first kappa shape index (κ1) is 21.0. The molecule has 3 rings (SSSR count). The predicted molar refractivity (Wildman–Crippen MR) is 115 cm³/mol. The molecule has 1 aliphatic rings. The Bertz CT molecular complexity index is 1030. The van der Waals surface area contributed by atoms with Crippen molar-refractivity contribution >= 4 is 37.5 Å². The van der Waals surface area contributed by atoms with Gasteiger partial charge in [-0.1, -0.05) is 33.6 Å². The lowest BCUT2D eigenvalue weighted by atomic mass is 10.1. The summed E-state index contributed by atoms with van der Waals surface area (Å²) in [4.78, 5) is 15.0. The maximum Gasteiger partial charge on any atom is 0.243 e. The number of nitrogens with zero attached hydrogens (tertiary/aromatic N) is 2. The fraction of sp³-hybridized carbons (Fsp3) is 0.381. The number of rotatable bonds is 4. The second kappa shape index (κ2) is 7.61. The van der Waals surface area contributed by atoms with Gasteiger partial charge in [0.1, 0.15) is 0 Å². The van der Waals surface area contributed by atoms with Gasteiger partial charge in [0.25, 0.3) is 0 Å². The first-order valence-electron chi connectivity index (χ1n) is 9.17. The van der Waals surface area contributed by atoms with E-state index in [1.165, 1.54) is 7.05 Å². The number of anilines is 1. The number of carbonyl (C=O) groups is 1. The van der Waals surface area contributed by atoms with Gasteiger partial charge in [-0.3, -0.25) is 4.79 Å². The molecule has 1 amide bonds. The maximum atomic E-state index is 13.2. The number of hydrogen-bond donors (Lipinski definition) is 0. The van der Waals surface area contributed by atoms with Crippen molar-refractivity contribution in [2.45, 2.75) is 45.1 Å². The van der Waals surface area contributed by atoms with Gasteiger partial charge in [-0.2, -0.15) is 4.31 Å². The molecule has 0 unspecified atom stereocenters. The molecule has 1 atom stereocenters. The van der Waals surface area contributed by atoms with E-state index in [9.17, 15) is 13.2 Å². The molecule has 0 bridgehead atoms. The third-order valence-electron chi connectivity index (χ3n) is 5.16. The third kappa shape index (κ3) is 3.75. The molecule has 0 aromatic heterocycles. The van der Waals surface area contributed by atoms with Gasteiger partial charge in [-0.15, -0.1) is 0 Å². The highest BCUT2D eigenvalue weighted by Gasteiger charge is 2.34. The van der Waals surface area contributed by atoms with Crippen LogP contribution in [0.15, 0.2) is 39.7 Å². The summed E-state index contributed by atoms with van der Waals surface area (Å²) in [5, 5.41) is 0. The number of aryl methyl sites for hydroxylation is 3. The molecule has 1 aliphatic heterocycles. The Morgan fingerprint density at radius 1 is 1.18 bits per heavy atom. The number of amides is 1. The van der Waals surface area contributed by atoms with Crippen LogP contribution >= 0.6 is 15.9 Å². The van der Waals surface area contributed by atoms with Crippen LogP contribution in [0.2, 0.25) is 0 Å². The number of hydrogen-bond acceptors (Lipinski definition) is 3. The van der Waals surface area contributed by atoms with E-state index in [4.69, 9.17) is 0 Å². The van der Waals surface area contributed by atoms with Crippen LogP contribution in [0, 0.1) is 20.8 Å². The Balaban J connectivity index is 1.87. The maximum absolute atomic E-state index is 13.2. The Hall–Kier alpha value is -1.70. The van der Waals surface area contributed by atoms with Crippen molar-refractivity contribution in [2.24, 2.45) is 0 Å². The number of carbonyl (C=O) groups excluding carboxylic acids is 1. The van der Waals surface area contributed by atoms with E-state index in [-0.39, 0.29) is 23.4 Å². The minimum atomic E-state index is -3.76. The van der Waals surface area contributed by atoms with Crippen molar-refractivity contribution in [1.29, 1.82) is 0 Å². The lowest BCUT2D eigenvalue weighted by Gasteiger charge is -2.26. The molecule has 2 aromatic carbocycles. The molecule has 2 aromatic rings. The number of halogens is 1. The summed E-state index contributed by atoms with van der Waals surface area (Å²) in [7, 11) is -2.30. The first-order chi connectivity index (χ1) is 13.0. The van der Waals surface area contributed by atoms with E-state index >= 15 is 0 Å². The molecule has 1 heterocycles. The van der Waals surface area contributed by atoms with Crippen molar-refractivity contribution in [2.75, 3.05) is 18.5 Å². The molecule has 0 saturated carbocycles. The van der Waals surface area contributed by atoms with Gasteiger partial charge in [0, 0.05) is 23.2 Å². The fourth-order valence-corrected chi connectivity index (χ4v) is 5.99. The lowest BCUT2D eigenvalue weighted by molar-refractivity contribution is -0.118. The molecule has 0 saturated heterocycles. The van der Waals surface area contributed by atoms with Crippen LogP contribution in [0.25, 0.3) is 0 Å². The monoisotopic (exact) mass is 464 g/mol. The van der Waals surface area contributed by atoms with Crippen LogP contribution in [0.3, 0.4) is 0 Å². The first-order valence-corrected chi connectivity index (χ1v) is 11.4. The molecule has 7 heteroatoms. The van der Waals surface area contributed by atoms with Crippen molar-refractivity contribution < 1.29 is 13.2 Å². The largest absolute Gasteiger partial charge is 0.308 e. The third-order valence-corrected chi connectivity index (χ3v) is 7.76. The van der Waals surface area contributed by atoms with Gasteiger partial charge >= 0.3 is 0 Å². The second-order valence-corrected chi connectivity index (χ2v) is 10.5. The predicted octanol–water partition coefficient (Wildman–Crippen LogP) is 3.97. The van der Waals surface area contributed by atoms with Crippen molar-refractivity contribution in [3.8, 4) is 0 Å². The van der Waals surface area contributed by atoms with Crippen LogP contribution in [-0.4, -0.2) is 38.3 Å². The average molecular weight is 465 g/mol. The van der Waals surface area contributed by atoms with Crippen LogP contribution in [-0.2, 0) is 21.2 Å². The van der Waals surface area contributed by atoms with Crippen molar-refractivity contribution in [3.63, 3.8) is 0 Å². The molecule has 28 heavy (non-hydrogen) atoms. The van der Waals surface area contributed by atoms with Gasteiger partial charge in [-0.05, 0) is 69.0 Å². The summed E-state index contributed by atoms with van der Waals surface area (Å²) >= 11 is 3.46. The molecule has 0 N–H and O–H groups in total. The summed E-state index contributed by atoms with van der Waals surface area (Å²) in [6, 6.07) is 9.52. The lowest BCUT2D eigenvalue weighted by Crippen LogP contribution is -2.43. The fourth-order valence-electron chi connectivity index (χ4n) is 4.06. The normalized spacial score (nSPS) is 16.5. The summed E-state index contributed by atoms with van der Waals surface area (Å²) in [5.41, 5.74) is 4.35. The SMILES string of the molecule is Cc1cc(C)c(S(=O)(=O)N(C)CC(=O)N2c3ccc(Br)cc3C[C@H]2C)c(C)c1. The van der Waals surface area contributed by atoms with Gasteiger partial charge in [0.2, 0.25) is 15.9 Å². The van der Waals surface area contributed by atoms with E-state index in [0.717, 1.165) is 32.0 Å². The highest BCUT2D eigenvalue weighted by Crippen LogP contribution is 2.34. The van der Waals surface area contributed by atoms with Crippen molar-refractivity contribution in [3.05, 3.63) is 57.1 Å². The highest BCUT2D eigenvalue weighted by atomic mass is 79.9. The smallest absolute Gasteiger partial charge is 0.243 e. The van der Waals surface area contributed by atoms with Gasteiger partial charge in [0.05, 0.1) is 11.4 Å². The summed E-state index contributed by atoms with van der Waals surface area (Å²) in [5.74, 6) is -0.220. The Morgan fingerprint density at radius 3 is 2.39 bits per heavy atom. The molecule has 0 radical (unpaired) electrons. The zero-order chi connectivity index (χ0) is 20.8. The summed E-state index contributed by atoms with van der Waals surface area (Å²) in [6.45, 7) is 7.30. The van der Waals surface area contributed by atoms with Crippen LogP contribution in [0.1, 0.15) is 29.2 Å². The molecular formula is C21H25BrN2O3S. The van der Waals surface area contributed by atoms with E-state index in [1.54, 1.807) is 18.7 Å². The summed E-state index contributed by atoms with van der Waals surface area (Å²) in [6.07, 6.45) is 0.757. The highest BCUT2D eigenvalue weighted by molar-refractivity contribution is 9.10. The van der Waals surface area contributed by atoms with Crippen LogP contribution in [0.4, 0.5) is 5.69 Å². The zero-order valence-electron chi connectivity index (χ0n) is 16.8. The Labute approximate surface area is 175 Å². The van der Waals surface area contributed by atoms with E-state index in [1.807, 2.05) is 44.2 Å². The van der Waals surface area contributed by atoms with Gasteiger partial charge in [0.15, 0.2) is 0 Å². The van der Waals surface area contributed by atoms with Gasteiger partial charge < -0.3 is 4.90 Å². The second-order valence-electron chi connectivity index (χ2n) is 7.58. The standard InChI is InChI=1S/C21H25BrN2O3S/c1-13-8-14(2)21(15(3)9-13)28(26,27)23(5)12-20(25)24-16(4)10-17-11-18(22)6-7-19(17)24/h6-9,11,16H,10,12H2,1-5H3/t16-/m1/s1. The topological polar surface area (TPSA) is 57.7 Å². The Morgan fingerprint density at radius 2 is 1.79 bits per heavy atom. The number of likely N-dealkylation sites (N-methyl/N-ethyl adjacent to an activating group) is 1. The Kier molecular flexibility index (Phi) is 5.71. The van der Waals surface area contributed by atoms with E-state index in [2.05, 4.69) is 15.9 Å². The van der Waals surface area contributed by atoms with Gasteiger partial charge in [-0.25, -0.2) is 8.42 Å². The quantitative estimate of drug-likeness (QED) is 0.687.